The number of rotatable bonds is 1. The number of ether oxygens (including phenoxy) is 1. The molecular formula is C21H21NO2S. The second kappa shape index (κ2) is 5.88. The average molecular weight is 351 g/mol. The van der Waals surface area contributed by atoms with E-state index in [0.29, 0.717) is 6.54 Å². The lowest BCUT2D eigenvalue weighted by atomic mass is 9.97. The van der Waals surface area contributed by atoms with Crippen molar-refractivity contribution >= 4 is 27.5 Å². The van der Waals surface area contributed by atoms with Crippen molar-refractivity contribution in [2.24, 2.45) is 0 Å². The molecule has 1 aromatic heterocycles. The molecule has 1 atom stereocenters. The van der Waals surface area contributed by atoms with Gasteiger partial charge in [-0.25, -0.2) is 4.79 Å². The zero-order valence-electron chi connectivity index (χ0n) is 14.7. The van der Waals surface area contributed by atoms with Crippen molar-refractivity contribution in [2.45, 2.75) is 39.0 Å². The van der Waals surface area contributed by atoms with E-state index >= 15 is 0 Å². The van der Waals surface area contributed by atoms with Crippen LogP contribution in [0.2, 0.25) is 0 Å². The normalized spacial score (nSPS) is 16.9. The first-order valence-electron chi connectivity index (χ1n) is 8.47. The largest absolute Gasteiger partial charge is 0.444 e. The molecule has 1 unspecified atom stereocenters. The summed E-state index contributed by atoms with van der Waals surface area (Å²) in [6, 6.07) is 16.7. The fraction of sp³-hybridized carbons (Fsp3) is 0.286. The van der Waals surface area contributed by atoms with Crippen molar-refractivity contribution < 1.29 is 9.53 Å². The fourth-order valence-corrected chi connectivity index (χ4v) is 4.22. The molecule has 0 bridgehead atoms. The molecule has 3 nitrogen and oxygen atoms in total. The minimum atomic E-state index is -0.506. The van der Waals surface area contributed by atoms with Crippen LogP contribution in [0.3, 0.4) is 0 Å². The molecule has 4 heteroatoms. The van der Waals surface area contributed by atoms with Crippen LogP contribution in [-0.4, -0.2) is 16.6 Å². The zero-order valence-corrected chi connectivity index (χ0v) is 15.5. The molecule has 1 aliphatic heterocycles. The van der Waals surface area contributed by atoms with Crippen LogP contribution in [0.25, 0.3) is 10.1 Å². The number of benzene rings is 2. The van der Waals surface area contributed by atoms with Gasteiger partial charge in [0.05, 0.1) is 12.6 Å². The van der Waals surface area contributed by atoms with Gasteiger partial charge in [-0.1, -0.05) is 36.4 Å². The molecule has 1 aliphatic rings. The first-order valence-corrected chi connectivity index (χ1v) is 9.35. The van der Waals surface area contributed by atoms with Gasteiger partial charge in [-0.3, -0.25) is 4.90 Å². The van der Waals surface area contributed by atoms with Crippen molar-refractivity contribution in [3.8, 4) is 0 Å². The van der Waals surface area contributed by atoms with Crippen molar-refractivity contribution in [3.63, 3.8) is 0 Å². The summed E-state index contributed by atoms with van der Waals surface area (Å²) in [4.78, 5) is 14.7. The second-order valence-corrected chi connectivity index (χ2v) is 8.38. The van der Waals surface area contributed by atoms with E-state index in [-0.39, 0.29) is 12.1 Å². The van der Waals surface area contributed by atoms with E-state index in [0.717, 1.165) is 5.56 Å². The van der Waals surface area contributed by atoms with Gasteiger partial charge in [0.2, 0.25) is 0 Å². The quantitative estimate of drug-likeness (QED) is 0.559. The lowest BCUT2D eigenvalue weighted by Gasteiger charge is -2.29. The summed E-state index contributed by atoms with van der Waals surface area (Å²) in [7, 11) is 0. The predicted molar refractivity (Wildman–Crippen MR) is 102 cm³/mol. The van der Waals surface area contributed by atoms with Crippen LogP contribution >= 0.6 is 11.3 Å². The summed E-state index contributed by atoms with van der Waals surface area (Å²) in [5, 5.41) is 3.34. The van der Waals surface area contributed by atoms with E-state index in [9.17, 15) is 4.79 Å². The van der Waals surface area contributed by atoms with Gasteiger partial charge in [-0.05, 0) is 60.4 Å². The van der Waals surface area contributed by atoms with Gasteiger partial charge in [-0.2, -0.15) is 0 Å². The molecule has 25 heavy (non-hydrogen) atoms. The Morgan fingerprint density at radius 3 is 2.76 bits per heavy atom. The molecule has 0 spiro atoms. The second-order valence-electron chi connectivity index (χ2n) is 7.43. The fourth-order valence-electron chi connectivity index (χ4n) is 3.38. The smallest absolute Gasteiger partial charge is 0.411 e. The summed E-state index contributed by atoms with van der Waals surface area (Å²) < 4.78 is 6.91. The number of nitrogens with zero attached hydrogens (tertiary/aromatic N) is 1. The van der Waals surface area contributed by atoms with Gasteiger partial charge in [0.15, 0.2) is 0 Å². The highest BCUT2D eigenvalue weighted by atomic mass is 32.1. The number of thiophene rings is 1. The van der Waals surface area contributed by atoms with Crippen LogP contribution in [-0.2, 0) is 11.3 Å². The van der Waals surface area contributed by atoms with Gasteiger partial charge in [0.25, 0.3) is 0 Å². The minimum absolute atomic E-state index is 0.0995. The molecule has 0 fully saturated rings. The van der Waals surface area contributed by atoms with E-state index < -0.39 is 5.60 Å². The number of amides is 1. The van der Waals surface area contributed by atoms with Crippen LogP contribution in [0.1, 0.15) is 43.5 Å². The summed E-state index contributed by atoms with van der Waals surface area (Å²) in [5.74, 6) is 0. The molecule has 128 valence electrons. The van der Waals surface area contributed by atoms with Gasteiger partial charge < -0.3 is 4.74 Å². The van der Waals surface area contributed by atoms with E-state index in [2.05, 4.69) is 41.8 Å². The Kier molecular flexibility index (Phi) is 3.80. The summed E-state index contributed by atoms with van der Waals surface area (Å²) >= 11 is 1.73. The first kappa shape index (κ1) is 16.2. The number of carbonyl (C=O) groups excluding carboxylic acids is 1. The van der Waals surface area contributed by atoms with E-state index in [1.807, 2.05) is 37.8 Å². The first-order chi connectivity index (χ1) is 11.9. The molecule has 1 amide bonds. The third kappa shape index (κ3) is 3.02. The molecule has 2 heterocycles. The predicted octanol–water partition coefficient (Wildman–Crippen LogP) is 5.74. The van der Waals surface area contributed by atoms with Gasteiger partial charge in [0.1, 0.15) is 5.60 Å². The van der Waals surface area contributed by atoms with Crippen molar-refractivity contribution in [3.05, 3.63) is 70.6 Å². The topological polar surface area (TPSA) is 29.5 Å². The summed E-state index contributed by atoms with van der Waals surface area (Å²) in [6.07, 6.45) is -0.264. The highest BCUT2D eigenvalue weighted by molar-refractivity contribution is 7.17. The zero-order chi connectivity index (χ0) is 17.6. The standard InChI is InChI=1S/C21H21NO2S/c1-21(2,3)24-20(23)22-13-16-6-4-5-7-17(16)19(22)15-9-8-14-10-11-25-18(14)12-15/h4-12,19H,13H2,1-3H3. The molecular weight excluding hydrogens is 330 g/mol. The number of fused-ring (bicyclic) bond motifs is 2. The maximum absolute atomic E-state index is 12.8. The SMILES string of the molecule is CC(C)(C)OC(=O)N1Cc2ccccc2C1c1ccc2ccsc2c1. The molecule has 0 aliphatic carbocycles. The van der Waals surface area contributed by atoms with Crippen LogP contribution in [0, 0.1) is 0 Å². The van der Waals surface area contributed by atoms with Gasteiger partial charge in [-0.15, -0.1) is 11.3 Å². The monoisotopic (exact) mass is 351 g/mol. The lowest BCUT2D eigenvalue weighted by molar-refractivity contribution is 0.0203. The molecule has 0 N–H and O–H groups in total. The van der Waals surface area contributed by atoms with Crippen LogP contribution in [0.4, 0.5) is 4.79 Å². The van der Waals surface area contributed by atoms with Crippen molar-refractivity contribution in [1.29, 1.82) is 0 Å². The van der Waals surface area contributed by atoms with Crippen LogP contribution < -0.4 is 0 Å². The Hall–Kier alpha value is -2.33. The molecule has 0 saturated heterocycles. The van der Waals surface area contributed by atoms with Crippen LogP contribution in [0.15, 0.2) is 53.9 Å². The molecule has 0 radical (unpaired) electrons. The van der Waals surface area contributed by atoms with Crippen molar-refractivity contribution in [2.75, 3.05) is 0 Å². The summed E-state index contributed by atoms with van der Waals surface area (Å²) in [6.45, 7) is 6.29. The van der Waals surface area contributed by atoms with Gasteiger partial charge in [0, 0.05) is 4.70 Å². The maximum atomic E-state index is 12.8. The maximum Gasteiger partial charge on any atom is 0.411 e. The Morgan fingerprint density at radius 2 is 1.96 bits per heavy atom. The summed E-state index contributed by atoms with van der Waals surface area (Å²) in [5.41, 5.74) is 2.99. The highest BCUT2D eigenvalue weighted by Crippen LogP contribution is 2.40. The molecule has 4 rings (SSSR count). The third-order valence-corrected chi connectivity index (χ3v) is 5.31. The van der Waals surface area contributed by atoms with Crippen molar-refractivity contribution in [1.82, 2.24) is 4.90 Å². The molecule has 3 aromatic rings. The van der Waals surface area contributed by atoms with E-state index in [4.69, 9.17) is 4.74 Å². The van der Waals surface area contributed by atoms with Gasteiger partial charge >= 0.3 is 6.09 Å². The molecule has 0 saturated carbocycles. The average Bonchev–Trinajstić information content (AvgIpc) is 3.16. The number of carbonyl (C=O) groups is 1. The third-order valence-electron chi connectivity index (χ3n) is 4.43. The number of hydrogen-bond donors (Lipinski definition) is 0. The van der Waals surface area contributed by atoms with E-state index in [1.54, 1.807) is 11.3 Å². The van der Waals surface area contributed by atoms with E-state index in [1.165, 1.54) is 21.2 Å². The highest BCUT2D eigenvalue weighted by Gasteiger charge is 2.36. The molecule has 2 aromatic carbocycles. The lowest BCUT2D eigenvalue weighted by Crippen LogP contribution is -2.36. The minimum Gasteiger partial charge on any atom is -0.444 e. The Bertz CT molecular complexity index is 938. The Balaban J connectivity index is 1.78. The Labute approximate surface area is 151 Å². The Morgan fingerprint density at radius 1 is 1.16 bits per heavy atom. The number of hydrogen-bond acceptors (Lipinski definition) is 3. The van der Waals surface area contributed by atoms with Crippen LogP contribution in [0.5, 0.6) is 0 Å².